The first-order chi connectivity index (χ1) is 13.1. The van der Waals surface area contributed by atoms with Gasteiger partial charge in [-0.1, -0.05) is 18.2 Å². The molecule has 0 bridgehead atoms. The van der Waals surface area contributed by atoms with Gasteiger partial charge in [0.05, 0.1) is 14.2 Å². The van der Waals surface area contributed by atoms with Gasteiger partial charge >= 0.3 is 0 Å². The van der Waals surface area contributed by atoms with Gasteiger partial charge in [-0.25, -0.2) is 0 Å². The first-order valence-corrected chi connectivity index (χ1v) is 9.20. The lowest BCUT2D eigenvalue weighted by molar-refractivity contribution is 0.0718. The van der Waals surface area contributed by atoms with Gasteiger partial charge in [0.15, 0.2) is 11.5 Å². The number of likely N-dealkylation sites (N-methyl/N-ethyl adjacent to an activating group) is 1. The number of H-pyrrole nitrogens is 1. The number of rotatable bonds is 4. The van der Waals surface area contributed by atoms with Crippen molar-refractivity contribution < 1.29 is 14.3 Å². The molecule has 0 aliphatic heterocycles. The topological polar surface area (TPSA) is 54.6 Å². The number of aryl methyl sites for hydroxylation is 1. The summed E-state index contributed by atoms with van der Waals surface area (Å²) in [5, 5.41) is 1.27. The third kappa shape index (κ3) is 3.03. The highest BCUT2D eigenvalue weighted by Crippen LogP contribution is 2.32. The minimum atomic E-state index is 0.00393. The minimum Gasteiger partial charge on any atom is -0.493 e. The Kier molecular flexibility index (Phi) is 4.52. The van der Waals surface area contributed by atoms with Crippen LogP contribution in [-0.2, 0) is 12.8 Å². The Hall–Kier alpha value is -2.95. The largest absolute Gasteiger partial charge is 0.493 e. The van der Waals surface area contributed by atoms with Crippen molar-refractivity contribution in [1.82, 2.24) is 9.88 Å². The molecule has 2 aromatic carbocycles. The quantitative estimate of drug-likeness (QED) is 0.766. The highest BCUT2D eigenvalue weighted by Gasteiger charge is 2.28. The second-order valence-corrected chi connectivity index (χ2v) is 7.01. The smallest absolute Gasteiger partial charge is 0.253 e. The molecule has 1 heterocycles. The zero-order valence-electron chi connectivity index (χ0n) is 15.9. The first kappa shape index (κ1) is 17.5. The lowest BCUT2D eigenvalue weighted by Gasteiger charge is -2.31. The maximum absolute atomic E-state index is 13.0. The fourth-order valence-corrected chi connectivity index (χ4v) is 4.02. The normalized spacial score (nSPS) is 16.0. The molecule has 0 spiro atoms. The summed E-state index contributed by atoms with van der Waals surface area (Å²) >= 11 is 0. The van der Waals surface area contributed by atoms with Crippen LogP contribution in [0.15, 0.2) is 42.5 Å². The van der Waals surface area contributed by atoms with Crippen molar-refractivity contribution >= 4 is 16.8 Å². The number of nitrogens with one attached hydrogen (secondary N) is 1. The lowest BCUT2D eigenvalue weighted by atomic mass is 9.90. The van der Waals surface area contributed by atoms with Gasteiger partial charge in [0.2, 0.25) is 0 Å². The molecular formula is C22H24N2O3. The van der Waals surface area contributed by atoms with Crippen molar-refractivity contribution in [3.8, 4) is 11.5 Å². The van der Waals surface area contributed by atoms with E-state index in [-0.39, 0.29) is 11.9 Å². The molecule has 0 fully saturated rings. The van der Waals surface area contributed by atoms with E-state index in [9.17, 15) is 4.79 Å². The molecule has 27 heavy (non-hydrogen) atoms. The predicted molar refractivity (Wildman–Crippen MR) is 106 cm³/mol. The fourth-order valence-electron chi connectivity index (χ4n) is 4.02. The number of nitrogens with zero attached hydrogens (tertiary/aromatic N) is 1. The maximum atomic E-state index is 13.0. The molecule has 3 aromatic rings. The van der Waals surface area contributed by atoms with Crippen LogP contribution in [0.5, 0.6) is 11.5 Å². The number of benzene rings is 2. The van der Waals surface area contributed by atoms with E-state index in [1.54, 1.807) is 32.4 Å². The summed E-state index contributed by atoms with van der Waals surface area (Å²) in [6.07, 6.45) is 2.78. The highest BCUT2D eigenvalue weighted by molar-refractivity contribution is 5.95. The third-order valence-electron chi connectivity index (χ3n) is 5.57. The van der Waals surface area contributed by atoms with Crippen LogP contribution < -0.4 is 9.47 Å². The van der Waals surface area contributed by atoms with Crippen molar-refractivity contribution in [2.45, 2.75) is 25.3 Å². The number of aromatic amines is 1. The van der Waals surface area contributed by atoms with E-state index >= 15 is 0 Å². The summed E-state index contributed by atoms with van der Waals surface area (Å²) in [7, 11) is 5.06. The van der Waals surface area contributed by atoms with E-state index in [2.05, 4.69) is 29.2 Å². The Morgan fingerprint density at radius 1 is 1.11 bits per heavy atom. The van der Waals surface area contributed by atoms with Crippen molar-refractivity contribution in [1.29, 1.82) is 0 Å². The van der Waals surface area contributed by atoms with Crippen LogP contribution in [0.3, 0.4) is 0 Å². The van der Waals surface area contributed by atoms with E-state index in [1.807, 2.05) is 11.9 Å². The molecule has 0 saturated carbocycles. The van der Waals surface area contributed by atoms with E-state index in [0.717, 1.165) is 19.3 Å². The van der Waals surface area contributed by atoms with Crippen LogP contribution in [-0.4, -0.2) is 43.1 Å². The SMILES string of the molecule is COc1ccc(C(=O)N(C)C2CCc3[nH]c4ccccc4c3C2)cc1OC. The zero-order chi connectivity index (χ0) is 19.0. The van der Waals surface area contributed by atoms with E-state index < -0.39 is 0 Å². The standard InChI is InChI=1S/C22H24N2O3/c1-24(22(25)14-8-11-20(26-2)21(12-14)27-3)15-9-10-19-17(13-15)16-6-4-5-7-18(16)23-19/h4-8,11-12,15,23H,9-10,13H2,1-3H3. The number of ether oxygens (including phenoxy) is 2. The Bertz CT molecular complexity index is 992. The van der Waals surface area contributed by atoms with Crippen LogP contribution >= 0.6 is 0 Å². The molecule has 1 aromatic heterocycles. The Labute approximate surface area is 158 Å². The average molecular weight is 364 g/mol. The molecule has 1 amide bonds. The van der Waals surface area contributed by atoms with E-state index in [1.165, 1.54) is 22.2 Å². The van der Waals surface area contributed by atoms with Gasteiger partial charge in [0, 0.05) is 35.2 Å². The molecule has 1 N–H and O–H groups in total. The molecule has 5 nitrogen and oxygen atoms in total. The highest BCUT2D eigenvalue weighted by atomic mass is 16.5. The number of hydrogen-bond acceptors (Lipinski definition) is 3. The minimum absolute atomic E-state index is 0.00393. The van der Waals surface area contributed by atoms with Gasteiger partial charge in [-0.2, -0.15) is 0 Å². The molecule has 1 aliphatic carbocycles. The molecule has 1 aliphatic rings. The molecular weight excluding hydrogens is 340 g/mol. The average Bonchev–Trinajstić information content (AvgIpc) is 3.10. The molecule has 4 rings (SSSR count). The molecule has 0 radical (unpaired) electrons. The number of para-hydroxylation sites is 1. The van der Waals surface area contributed by atoms with Crippen molar-refractivity contribution in [3.05, 3.63) is 59.3 Å². The Morgan fingerprint density at radius 3 is 2.67 bits per heavy atom. The number of amides is 1. The van der Waals surface area contributed by atoms with Gasteiger partial charge < -0.3 is 19.4 Å². The summed E-state index contributed by atoms with van der Waals surface area (Å²) in [4.78, 5) is 18.4. The Morgan fingerprint density at radius 2 is 1.89 bits per heavy atom. The van der Waals surface area contributed by atoms with Crippen LogP contribution in [0, 0.1) is 0 Å². The zero-order valence-corrected chi connectivity index (χ0v) is 15.9. The number of methoxy groups -OCH3 is 2. The molecule has 1 unspecified atom stereocenters. The molecule has 1 atom stereocenters. The van der Waals surface area contributed by atoms with E-state index in [4.69, 9.17) is 9.47 Å². The summed E-state index contributed by atoms with van der Waals surface area (Å²) < 4.78 is 10.6. The number of carbonyl (C=O) groups excluding carboxylic acids is 1. The van der Waals surface area contributed by atoms with Crippen LogP contribution in [0.2, 0.25) is 0 Å². The second kappa shape index (κ2) is 6.99. The fraction of sp³-hybridized carbons (Fsp3) is 0.318. The summed E-state index contributed by atoms with van der Waals surface area (Å²) in [6, 6.07) is 13.9. The number of aromatic nitrogens is 1. The van der Waals surface area contributed by atoms with Gasteiger partial charge in [-0.15, -0.1) is 0 Å². The van der Waals surface area contributed by atoms with Crippen LogP contribution in [0.4, 0.5) is 0 Å². The number of fused-ring (bicyclic) bond motifs is 3. The monoisotopic (exact) mass is 364 g/mol. The summed E-state index contributed by atoms with van der Waals surface area (Å²) in [5.41, 5.74) is 4.44. The Balaban J connectivity index is 1.58. The molecule has 5 heteroatoms. The third-order valence-corrected chi connectivity index (χ3v) is 5.57. The van der Waals surface area contributed by atoms with Gasteiger partial charge in [-0.3, -0.25) is 4.79 Å². The molecule has 140 valence electrons. The van der Waals surface area contributed by atoms with Gasteiger partial charge in [0.1, 0.15) is 0 Å². The predicted octanol–water partition coefficient (Wildman–Crippen LogP) is 3.81. The first-order valence-electron chi connectivity index (χ1n) is 9.20. The van der Waals surface area contributed by atoms with Crippen LogP contribution in [0.25, 0.3) is 10.9 Å². The maximum Gasteiger partial charge on any atom is 0.253 e. The van der Waals surface area contributed by atoms with Crippen molar-refractivity contribution in [2.75, 3.05) is 21.3 Å². The molecule has 0 saturated heterocycles. The van der Waals surface area contributed by atoms with Crippen LogP contribution in [0.1, 0.15) is 28.0 Å². The summed E-state index contributed by atoms with van der Waals surface area (Å²) in [6.45, 7) is 0. The van der Waals surface area contributed by atoms with Gasteiger partial charge in [-0.05, 0) is 49.1 Å². The number of carbonyl (C=O) groups is 1. The summed E-state index contributed by atoms with van der Waals surface area (Å²) in [5.74, 6) is 1.20. The van der Waals surface area contributed by atoms with E-state index in [0.29, 0.717) is 17.1 Å². The lowest BCUT2D eigenvalue weighted by Crippen LogP contribution is -2.40. The van der Waals surface area contributed by atoms with Crippen molar-refractivity contribution in [3.63, 3.8) is 0 Å². The number of hydrogen-bond donors (Lipinski definition) is 1. The second-order valence-electron chi connectivity index (χ2n) is 7.01. The van der Waals surface area contributed by atoms with Gasteiger partial charge in [0.25, 0.3) is 5.91 Å². The van der Waals surface area contributed by atoms with Crippen molar-refractivity contribution in [2.24, 2.45) is 0 Å².